The van der Waals surface area contributed by atoms with Gasteiger partial charge in [-0.1, -0.05) is 0 Å². The van der Waals surface area contributed by atoms with Crippen molar-refractivity contribution in [1.82, 2.24) is 0 Å². The minimum atomic E-state index is 0. The van der Waals surface area contributed by atoms with Gasteiger partial charge in [-0.15, -0.1) is 0 Å². The fraction of sp³-hybridized carbons (Fsp3) is 0. The van der Waals surface area contributed by atoms with Crippen LogP contribution in [0.4, 0.5) is 18.8 Å². The molecule has 0 N–H and O–H groups in total. The first kappa shape index (κ1) is 901. The SMILES string of the molecule is F.F.F.F.[Ag+].[F-].[SiH4]. The minimum Gasteiger partial charge on any atom is -1.00 e. The summed E-state index contributed by atoms with van der Waals surface area (Å²) in [7, 11) is 0. The van der Waals surface area contributed by atoms with E-state index >= 15 is 0 Å². The molecule has 0 spiro atoms. The van der Waals surface area contributed by atoms with E-state index < -0.39 is 0 Å². The molecule has 0 saturated carbocycles. The second-order valence-electron chi connectivity index (χ2n) is 0. The number of hydrogen-bond acceptors (Lipinski definition) is 0. The van der Waals surface area contributed by atoms with Crippen molar-refractivity contribution in [3.63, 3.8) is 0 Å². The van der Waals surface area contributed by atoms with Crippen molar-refractivity contribution in [2.24, 2.45) is 0 Å². The zero-order valence-corrected chi connectivity index (χ0v) is 3.79. The zero-order chi connectivity index (χ0) is 0. The Kier molecular flexibility index (Phi) is 72500. The van der Waals surface area contributed by atoms with Crippen molar-refractivity contribution in [2.75, 3.05) is 0 Å². The van der Waals surface area contributed by atoms with E-state index in [-0.39, 0.29) is 56.9 Å². The van der Waals surface area contributed by atoms with Gasteiger partial charge < -0.3 is 4.70 Å². The molecule has 0 heterocycles. The van der Waals surface area contributed by atoms with Crippen LogP contribution in [0.15, 0.2) is 0 Å². The molecule has 7 heteroatoms. The topological polar surface area (TPSA) is 0 Å². The Balaban J connectivity index is 0. The van der Waals surface area contributed by atoms with Crippen molar-refractivity contribution in [3.05, 3.63) is 0 Å². The van der Waals surface area contributed by atoms with E-state index in [1.165, 1.54) is 0 Å². The molecule has 0 atom stereocenters. The van der Waals surface area contributed by atoms with Crippen LogP contribution in [0, 0.1) is 0 Å². The Morgan fingerprint density at radius 1 is 0.571 bits per heavy atom. The normalized spacial score (nSPS) is 0. The summed E-state index contributed by atoms with van der Waals surface area (Å²) in [4.78, 5) is 0. The van der Waals surface area contributed by atoms with Crippen molar-refractivity contribution in [3.8, 4) is 0 Å². The third-order valence-electron chi connectivity index (χ3n) is 0. The fourth-order valence-electron chi connectivity index (χ4n) is 0. The van der Waals surface area contributed by atoms with Crippen LogP contribution < -0.4 is 4.70 Å². The zero-order valence-electron chi connectivity index (χ0n) is 2.31. The standard InChI is InChI=1S/Ag.5FH.H4Si/h;5*1H;1H4/q+1;;;;;;/p-1. The van der Waals surface area contributed by atoms with Gasteiger partial charge >= 0.3 is 22.4 Å². The van der Waals surface area contributed by atoms with Gasteiger partial charge in [0.25, 0.3) is 0 Å². The smallest absolute Gasteiger partial charge is 1.00 e. The van der Waals surface area contributed by atoms with Crippen molar-refractivity contribution in [1.29, 1.82) is 0 Å². The molecule has 0 aromatic carbocycles. The maximum atomic E-state index is 0. The maximum Gasteiger partial charge on any atom is 1.00 e. The Morgan fingerprint density at radius 2 is 0.571 bits per heavy atom. The van der Waals surface area contributed by atoms with E-state index in [1.807, 2.05) is 0 Å². The Bertz CT molecular complexity index is 8.04. The molecule has 58 valence electrons. The van der Waals surface area contributed by atoms with E-state index in [1.54, 1.807) is 0 Å². The minimum absolute atomic E-state index is 0. The summed E-state index contributed by atoms with van der Waals surface area (Å²) < 4.78 is 0. The number of halogens is 5. The first-order valence-electron chi connectivity index (χ1n) is 0. The van der Waals surface area contributed by atoms with E-state index in [0.29, 0.717) is 0 Å². The molecule has 0 nitrogen and oxygen atoms in total. The van der Waals surface area contributed by atoms with Crippen molar-refractivity contribution < 1.29 is 45.9 Å². The third-order valence-corrected chi connectivity index (χ3v) is 0. The van der Waals surface area contributed by atoms with Crippen LogP contribution in [0.2, 0.25) is 0 Å². The summed E-state index contributed by atoms with van der Waals surface area (Å²) >= 11 is 0. The van der Waals surface area contributed by atoms with Crippen molar-refractivity contribution >= 4 is 11.0 Å². The largest absolute Gasteiger partial charge is 1.00 e. The molecule has 0 amide bonds. The average molecular weight is 239 g/mol. The van der Waals surface area contributed by atoms with E-state index in [0.717, 1.165) is 0 Å². The molecule has 0 bridgehead atoms. The maximum absolute atomic E-state index is 0. The van der Waals surface area contributed by atoms with Crippen LogP contribution in [0.5, 0.6) is 0 Å². The monoisotopic (exact) mass is 238 g/mol. The third kappa shape index (κ3) is 380. The molecule has 0 aliphatic rings. The molecule has 0 unspecified atom stereocenters. The van der Waals surface area contributed by atoms with Gasteiger partial charge in [-0.25, -0.2) is 0 Å². The van der Waals surface area contributed by atoms with Gasteiger partial charge in [-0.05, 0) is 11.0 Å². The molecule has 0 saturated heterocycles. The number of rotatable bonds is 0. The van der Waals surface area contributed by atoms with E-state index in [2.05, 4.69) is 0 Å². The Labute approximate surface area is 57.4 Å². The second kappa shape index (κ2) is 564. The summed E-state index contributed by atoms with van der Waals surface area (Å²) in [5.41, 5.74) is 0. The van der Waals surface area contributed by atoms with Gasteiger partial charge in [-0.2, -0.15) is 0 Å². The molecule has 0 aliphatic heterocycles. The Hall–Kier alpha value is 0.607. The molecule has 0 aromatic rings. The van der Waals surface area contributed by atoms with Gasteiger partial charge in [0.05, 0.1) is 0 Å². The quantitative estimate of drug-likeness (QED) is 0.300. The predicted molar refractivity (Wildman–Crippen MR) is 21.3 cm³/mol. The predicted octanol–water partition coefficient (Wildman–Crippen LogP) is -3.84. The summed E-state index contributed by atoms with van der Waals surface area (Å²) in [6.45, 7) is 0. The van der Waals surface area contributed by atoms with E-state index in [9.17, 15) is 0 Å². The van der Waals surface area contributed by atoms with Gasteiger partial charge in [0.2, 0.25) is 0 Å². The molecule has 0 rings (SSSR count). The van der Waals surface area contributed by atoms with Gasteiger partial charge in [0, 0.05) is 0 Å². The van der Waals surface area contributed by atoms with Crippen LogP contribution >= 0.6 is 0 Å². The molecular weight excluding hydrogens is 231 g/mol. The van der Waals surface area contributed by atoms with Gasteiger partial charge in [0.15, 0.2) is 0 Å². The molecule has 0 radical (unpaired) electrons. The average Bonchev–Trinajstić information content (AvgIpc) is 0. The molecule has 0 aliphatic carbocycles. The van der Waals surface area contributed by atoms with Crippen LogP contribution in [-0.2, 0) is 22.4 Å². The summed E-state index contributed by atoms with van der Waals surface area (Å²) in [5.74, 6) is 0. The molecule has 0 aromatic heterocycles. The van der Waals surface area contributed by atoms with Gasteiger partial charge in [0.1, 0.15) is 0 Å². The van der Waals surface area contributed by atoms with Crippen LogP contribution in [0.1, 0.15) is 0 Å². The summed E-state index contributed by atoms with van der Waals surface area (Å²) in [6, 6.07) is 0. The Morgan fingerprint density at radius 3 is 0.571 bits per heavy atom. The van der Waals surface area contributed by atoms with Crippen LogP contribution in [0.3, 0.4) is 0 Å². The molecule has 0 fully saturated rings. The van der Waals surface area contributed by atoms with Crippen LogP contribution in [-0.4, -0.2) is 11.0 Å². The van der Waals surface area contributed by atoms with Gasteiger partial charge in [-0.3, -0.25) is 18.8 Å². The first-order valence-corrected chi connectivity index (χ1v) is 0. The first-order chi connectivity index (χ1) is 0. The summed E-state index contributed by atoms with van der Waals surface area (Å²) in [6.07, 6.45) is 0. The second-order valence-corrected chi connectivity index (χ2v) is 0. The van der Waals surface area contributed by atoms with Crippen molar-refractivity contribution in [2.45, 2.75) is 0 Å². The molecular formula is H8AgF5Si. The van der Waals surface area contributed by atoms with Crippen LogP contribution in [0.25, 0.3) is 0 Å². The summed E-state index contributed by atoms with van der Waals surface area (Å²) in [5, 5.41) is 0. The fourth-order valence-corrected chi connectivity index (χ4v) is 0. The molecule has 7 heavy (non-hydrogen) atoms. The van der Waals surface area contributed by atoms with E-state index in [4.69, 9.17) is 0 Å². The number of hydrogen-bond donors (Lipinski definition) is 0.